The van der Waals surface area contributed by atoms with Gasteiger partial charge in [0.1, 0.15) is 0 Å². The smallest absolute Gasteiger partial charge is 0.406 e. The molecular formula is C18H26N2O3. The Kier molecular flexibility index (Phi) is 7.60. The van der Waals surface area contributed by atoms with E-state index in [0.717, 1.165) is 37.7 Å². The maximum absolute atomic E-state index is 10.9. The lowest BCUT2D eigenvalue weighted by Gasteiger charge is -2.26. The Morgan fingerprint density at radius 2 is 1.96 bits per heavy atom. The van der Waals surface area contributed by atoms with E-state index in [1.807, 2.05) is 24.4 Å². The van der Waals surface area contributed by atoms with Gasteiger partial charge in [0.05, 0.1) is 25.4 Å². The van der Waals surface area contributed by atoms with Crippen LogP contribution < -0.4 is 5.32 Å². The number of aliphatic imine (C=N–C) groups is 1. The Hall–Kier alpha value is -1.88. The summed E-state index contributed by atoms with van der Waals surface area (Å²) in [6.45, 7) is 1.04. The van der Waals surface area contributed by atoms with Gasteiger partial charge in [-0.1, -0.05) is 30.3 Å². The Morgan fingerprint density at radius 3 is 2.65 bits per heavy atom. The maximum Gasteiger partial charge on any atom is 0.406 e. The summed E-state index contributed by atoms with van der Waals surface area (Å²) in [6, 6.07) is 10.6. The normalized spacial score (nSPS) is 21.3. The summed E-state index contributed by atoms with van der Waals surface area (Å²) < 4.78 is 10.8. The van der Waals surface area contributed by atoms with Crippen molar-refractivity contribution in [2.75, 3.05) is 20.3 Å². The number of carbonyl (C=O) groups is 1. The van der Waals surface area contributed by atoms with E-state index < -0.39 is 0 Å². The number of ether oxygens (including phenoxy) is 2. The molecule has 1 fully saturated rings. The predicted octanol–water partition coefficient (Wildman–Crippen LogP) is 3.18. The lowest BCUT2D eigenvalue weighted by Crippen LogP contribution is -2.25. The summed E-state index contributed by atoms with van der Waals surface area (Å²) in [5.41, 5.74) is 1.15. The van der Waals surface area contributed by atoms with Crippen LogP contribution in [0.5, 0.6) is 0 Å². The number of hydrogen-bond donors (Lipinski definition) is 1. The van der Waals surface area contributed by atoms with Gasteiger partial charge < -0.3 is 14.8 Å². The Bertz CT molecular complexity index is 482. The van der Waals surface area contributed by atoms with Crippen LogP contribution in [-0.4, -0.2) is 44.7 Å². The monoisotopic (exact) mass is 318 g/mol. The lowest BCUT2D eigenvalue weighted by atomic mass is 9.93. The molecule has 1 aromatic carbocycles. The number of amides is 1. The lowest BCUT2D eigenvalue weighted by molar-refractivity contribution is 0.0171. The summed E-state index contributed by atoms with van der Waals surface area (Å²) in [7, 11) is 1.55. The Morgan fingerprint density at radius 1 is 1.22 bits per heavy atom. The zero-order valence-corrected chi connectivity index (χ0v) is 13.7. The molecule has 0 aliphatic heterocycles. The molecule has 5 heteroatoms. The third kappa shape index (κ3) is 6.82. The van der Waals surface area contributed by atoms with Crippen LogP contribution in [0.3, 0.4) is 0 Å². The van der Waals surface area contributed by atoms with Crippen LogP contribution in [0.1, 0.15) is 37.7 Å². The number of nitrogens with zero attached hydrogens (tertiary/aromatic N) is 1. The van der Waals surface area contributed by atoms with E-state index in [9.17, 15) is 4.79 Å². The third-order valence-electron chi connectivity index (χ3n) is 3.96. The quantitative estimate of drug-likeness (QED) is 0.620. The van der Waals surface area contributed by atoms with Gasteiger partial charge in [0.25, 0.3) is 0 Å². The molecule has 0 aromatic heterocycles. The second-order valence-electron chi connectivity index (χ2n) is 5.73. The van der Waals surface area contributed by atoms with Gasteiger partial charge in [-0.25, -0.2) is 4.79 Å². The molecule has 0 atom stereocenters. The van der Waals surface area contributed by atoms with Gasteiger partial charge in [-0.15, -0.1) is 0 Å². The molecule has 0 heterocycles. The fourth-order valence-electron chi connectivity index (χ4n) is 2.64. The molecule has 1 saturated carbocycles. The molecular weight excluding hydrogens is 292 g/mol. The molecule has 5 nitrogen and oxygen atoms in total. The first-order valence-electron chi connectivity index (χ1n) is 8.32. The van der Waals surface area contributed by atoms with Crippen LogP contribution in [0.15, 0.2) is 35.3 Å². The molecule has 0 unspecified atom stereocenters. The fraction of sp³-hybridized carbons (Fsp3) is 0.556. The minimum Gasteiger partial charge on any atom is -0.449 e. The standard InChI is InChI=1S/C18H26N2O3/c1-19-18(21)23-13-5-12-22-17-10-8-16(9-11-17)20-14-15-6-3-2-4-7-15/h2-4,6-7,14,16-17H,5,8-13H2,1H3,(H,19,21). The van der Waals surface area contributed by atoms with E-state index in [2.05, 4.69) is 22.4 Å². The minimum atomic E-state index is -0.387. The van der Waals surface area contributed by atoms with E-state index in [-0.39, 0.29) is 6.09 Å². The molecule has 0 bridgehead atoms. The van der Waals surface area contributed by atoms with Gasteiger partial charge in [0.2, 0.25) is 0 Å². The number of carbonyl (C=O) groups excluding carboxylic acids is 1. The van der Waals surface area contributed by atoms with Crippen LogP contribution in [-0.2, 0) is 9.47 Å². The molecule has 23 heavy (non-hydrogen) atoms. The third-order valence-corrected chi connectivity index (χ3v) is 3.96. The highest BCUT2D eigenvalue weighted by Gasteiger charge is 2.20. The molecule has 1 aliphatic rings. The zero-order chi connectivity index (χ0) is 16.3. The number of rotatable bonds is 7. The topological polar surface area (TPSA) is 59.9 Å². The number of benzene rings is 1. The van der Waals surface area contributed by atoms with Crippen molar-refractivity contribution in [2.45, 2.75) is 44.2 Å². The van der Waals surface area contributed by atoms with Crippen molar-refractivity contribution >= 4 is 12.3 Å². The van der Waals surface area contributed by atoms with Crippen LogP contribution >= 0.6 is 0 Å². The van der Waals surface area contributed by atoms with E-state index in [0.29, 0.717) is 25.4 Å². The zero-order valence-electron chi connectivity index (χ0n) is 13.7. The molecule has 1 N–H and O–H groups in total. The van der Waals surface area contributed by atoms with E-state index in [1.165, 1.54) is 0 Å². The summed E-state index contributed by atoms with van der Waals surface area (Å²) in [6.07, 6.45) is 6.88. The second kappa shape index (κ2) is 10.0. The van der Waals surface area contributed by atoms with E-state index >= 15 is 0 Å². The van der Waals surface area contributed by atoms with Crippen molar-refractivity contribution in [3.05, 3.63) is 35.9 Å². The van der Waals surface area contributed by atoms with Crippen molar-refractivity contribution in [2.24, 2.45) is 4.99 Å². The molecule has 2 rings (SSSR count). The SMILES string of the molecule is CNC(=O)OCCCOC1CCC(N=Cc2ccccc2)CC1. The van der Waals surface area contributed by atoms with Crippen molar-refractivity contribution in [1.29, 1.82) is 0 Å². The van der Waals surface area contributed by atoms with Gasteiger partial charge in [-0.3, -0.25) is 4.99 Å². The number of hydrogen-bond acceptors (Lipinski definition) is 4. The predicted molar refractivity (Wildman–Crippen MR) is 91.1 cm³/mol. The van der Waals surface area contributed by atoms with E-state index in [1.54, 1.807) is 7.05 Å². The van der Waals surface area contributed by atoms with Crippen molar-refractivity contribution in [3.8, 4) is 0 Å². The second-order valence-corrected chi connectivity index (χ2v) is 5.73. The summed E-state index contributed by atoms with van der Waals surface area (Å²) in [4.78, 5) is 15.6. The molecule has 1 aliphatic carbocycles. The Balaban J connectivity index is 1.57. The van der Waals surface area contributed by atoms with Crippen molar-refractivity contribution in [3.63, 3.8) is 0 Å². The van der Waals surface area contributed by atoms with Gasteiger partial charge in [0, 0.05) is 19.7 Å². The van der Waals surface area contributed by atoms with Crippen LogP contribution in [0, 0.1) is 0 Å². The highest BCUT2D eigenvalue weighted by Crippen LogP contribution is 2.23. The van der Waals surface area contributed by atoms with Crippen molar-refractivity contribution < 1.29 is 14.3 Å². The first-order chi connectivity index (χ1) is 11.3. The molecule has 0 spiro atoms. The van der Waals surface area contributed by atoms with Gasteiger partial charge >= 0.3 is 6.09 Å². The van der Waals surface area contributed by atoms with Gasteiger partial charge in [0.15, 0.2) is 0 Å². The molecule has 126 valence electrons. The highest BCUT2D eigenvalue weighted by atomic mass is 16.5. The minimum absolute atomic E-state index is 0.318. The number of nitrogens with one attached hydrogen (secondary N) is 1. The largest absolute Gasteiger partial charge is 0.449 e. The average molecular weight is 318 g/mol. The van der Waals surface area contributed by atoms with Gasteiger partial charge in [-0.05, 0) is 31.2 Å². The molecule has 0 saturated heterocycles. The van der Waals surface area contributed by atoms with Crippen molar-refractivity contribution in [1.82, 2.24) is 5.32 Å². The maximum atomic E-state index is 10.9. The average Bonchev–Trinajstić information content (AvgIpc) is 2.61. The molecule has 0 radical (unpaired) electrons. The molecule has 1 aromatic rings. The Labute approximate surface area is 138 Å². The first kappa shape index (κ1) is 17.5. The highest BCUT2D eigenvalue weighted by molar-refractivity contribution is 5.79. The summed E-state index contributed by atoms with van der Waals surface area (Å²) >= 11 is 0. The summed E-state index contributed by atoms with van der Waals surface area (Å²) in [5.74, 6) is 0. The van der Waals surface area contributed by atoms with Crippen LogP contribution in [0.25, 0.3) is 0 Å². The molecule has 1 amide bonds. The van der Waals surface area contributed by atoms with Crippen LogP contribution in [0.2, 0.25) is 0 Å². The van der Waals surface area contributed by atoms with Gasteiger partial charge in [-0.2, -0.15) is 0 Å². The number of alkyl carbamates (subject to hydrolysis) is 1. The van der Waals surface area contributed by atoms with E-state index in [4.69, 9.17) is 9.47 Å². The first-order valence-corrected chi connectivity index (χ1v) is 8.32. The fourth-order valence-corrected chi connectivity index (χ4v) is 2.64. The summed E-state index contributed by atoms with van der Waals surface area (Å²) in [5, 5.41) is 2.42. The van der Waals surface area contributed by atoms with Crippen LogP contribution in [0.4, 0.5) is 4.79 Å².